The molecule has 1 aromatic carbocycles. The predicted molar refractivity (Wildman–Crippen MR) is 93.5 cm³/mol. The zero-order chi connectivity index (χ0) is 16.8. The second-order valence-corrected chi connectivity index (χ2v) is 6.74. The number of benzene rings is 1. The number of piperidine rings is 1. The van der Waals surface area contributed by atoms with E-state index in [4.69, 9.17) is 4.52 Å². The van der Waals surface area contributed by atoms with Crippen molar-refractivity contribution >= 4 is 0 Å². The fraction of sp³-hybridized carbons (Fsp3) is 0.526. The van der Waals surface area contributed by atoms with Crippen LogP contribution in [-0.2, 0) is 6.54 Å². The van der Waals surface area contributed by atoms with Gasteiger partial charge < -0.3 is 19.8 Å². The van der Waals surface area contributed by atoms with Crippen LogP contribution >= 0.6 is 0 Å². The van der Waals surface area contributed by atoms with Gasteiger partial charge in [0, 0.05) is 12.6 Å². The van der Waals surface area contributed by atoms with E-state index in [9.17, 15) is 5.11 Å². The molecule has 1 atom stereocenters. The van der Waals surface area contributed by atoms with Gasteiger partial charge in [0.15, 0.2) is 5.76 Å². The van der Waals surface area contributed by atoms with Gasteiger partial charge in [-0.25, -0.2) is 0 Å². The van der Waals surface area contributed by atoms with E-state index in [0.717, 1.165) is 49.7 Å². The summed E-state index contributed by atoms with van der Waals surface area (Å²) in [6.45, 7) is 6.52. The molecule has 1 aliphatic heterocycles. The molecule has 1 aromatic heterocycles. The Morgan fingerprint density at radius 1 is 1.29 bits per heavy atom. The minimum atomic E-state index is -0.393. The Morgan fingerprint density at radius 3 is 2.71 bits per heavy atom. The summed E-state index contributed by atoms with van der Waals surface area (Å²) in [7, 11) is 0. The molecule has 5 heteroatoms. The highest BCUT2D eigenvalue weighted by atomic mass is 16.5. The molecule has 0 amide bonds. The molecule has 2 aromatic rings. The molecule has 130 valence electrons. The predicted octanol–water partition coefficient (Wildman–Crippen LogP) is 2.52. The summed E-state index contributed by atoms with van der Waals surface area (Å²) in [5, 5.41) is 17.7. The summed E-state index contributed by atoms with van der Waals surface area (Å²) in [5.74, 6) is 1.59. The Morgan fingerprint density at radius 2 is 2.04 bits per heavy atom. The van der Waals surface area contributed by atoms with Crippen molar-refractivity contribution < 1.29 is 9.63 Å². The highest BCUT2D eigenvalue weighted by Crippen LogP contribution is 2.20. The van der Waals surface area contributed by atoms with Gasteiger partial charge >= 0.3 is 0 Å². The van der Waals surface area contributed by atoms with Gasteiger partial charge in [0.05, 0.1) is 18.3 Å². The fourth-order valence-corrected chi connectivity index (χ4v) is 3.30. The van der Waals surface area contributed by atoms with Gasteiger partial charge in [0.2, 0.25) is 0 Å². The van der Waals surface area contributed by atoms with Crippen molar-refractivity contribution in [2.45, 2.75) is 32.4 Å². The Balaban J connectivity index is 1.35. The monoisotopic (exact) mass is 329 g/mol. The molecule has 1 saturated heterocycles. The number of hydrogen-bond acceptors (Lipinski definition) is 5. The number of likely N-dealkylation sites (tertiary alicyclic amines) is 1. The van der Waals surface area contributed by atoms with Crippen LogP contribution in [0.15, 0.2) is 40.9 Å². The van der Waals surface area contributed by atoms with Crippen molar-refractivity contribution in [3.63, 3.8) is 0 Å². The molecule has 0 unspecified atom stereocenters. The molecular weight excluding hydrogens is 302 g/mol. The second-order valence-electron chi connectivity index (χ2n) is 6.74. The van der Waals surface area contributed by atoms with E-state index in [0.29, 0.717) is 5.92 Å². The van der Waals surface area contributed by atoms with Gasteiger partial charge in [0.1, 0.15) is 0 Å². The maximum atomic E-state index is 10.3. The summed E-state index contributed by atoms with van der Waals surface area (Å²) in [6, 6.07) is 11.9. The standard InChI is InChI=1S/C19H27N3O2/c1-15-11-18(24-21-15)13-20-12-16-7-9-22(10-8-16)14-19(23)17-5-3-2-4-6-17/h2-6,11,16,19-20,23H,7-10,12-14H2,1H3/t19-/m0/s1. The average Bonchev–Trinajstić information content (AvgIpc) is 3.02. The van der Waals surface area contributed by atoms with Crippen LogP contribution in [0.1, 0.15) is 36.0 Å². The molecule has 1 fully saturated rings. The smallest absolute Gasteiger partial charge is 0.150 e. The lowest BCUT2D eigenvalue weighted by Crippen LogP contribution is -2.39. The van der Waals surface area contributed by atoms with E-state index in [1.165, 1.54) is 12.8 Å². The van der Waals surface area contributed by atoms with Gasteiger partial charge in [0.25, 0.3) is 0 Å². The molecule has 0 saturated carbocycles. The van der Waals surface area contributed by atoms with Crippen molar-refractivity contribution in [2.24, 2.45) is 5.92 Å². The zero-order valence-corrected chi connectivity index (χ0v) is 14.3. The third-order valence-corrected chi connectivity index (χ3v) is 4.73. The van der Waals surface area contributed by atoms with Crippen LogP contribution in [0.25, 0.3) is 0 Å². The van der Waals surface area contributed by atoms with Crippen LogP contribution < -0.4 is 5.32 Å². The van der Waals surface area contributed by atoms with Gasteiger partial charge in [-0.2, -0.15) is 0 Å². The first-order valence-corrected chi connectivity index (χ1v) is 8.79. The quantitative estimate of drug-likeness (QED) is 0.817. The molecule has 5 nitrogen and oxygen atoms in total. The molecule has 2 N–H and O–H groups in total. The number of β-amino-alcohol motifs (C(OH)–C–C–N with tert-alkyl or cyclic N) is 1. The van der Waals surface area contributed by atoms with E-state index in [1.807, 2.05) is 43.3 Å². The number of aliphatic hydroxyl groups excluding tert-OH is 1. The largest absolute Gasteiger partial charge is 0.387 e. The molecular formula is C19H27N3O2. The van der Waals surface area contributed by atoms with Crippen LogP contribution in [0.3, 0.4) is 0 Å². The molecule has 0 aliphatic carbocycles. The number of rotatable bonds is 7. The Bertz CT molecular complexity index is 606. The number of aromatic nitrogens is 1. The van der Waals surface area contributed by atoms with Gasteiger partial charge in [-0.15, -0.1) is 0 Å². The van der Waals surface area contributed by atoms with Crippen LogP contribution in [0, 0.1) is 12.8 Å². The molecule has 0 spiro atoms. The van der Waals surface area contributed by atoms with Crippen molar-refractivity contribution in [1.29, 1.82) is 0 Å². The Labute approximate surface area is 143 Å². The number of nitrogens with one attached hydrogen (secondary N) is 1. The lowest BCUT2D eigenvalue weighted by molar-refractivity contribution is 0.0890. The molecule has 24 heavy (non-hydrogen) atoms. The average molecular weight is 329 g/mol. The van der Waals surface area contributed by atoms with E-state index in [2.05, 4.69) is 15.4 Å². The first-order valence-electron chi connectivity index (χ1n) is 8.79. The van der Waals surface area contributed by atoms with Gasteiger partial charge in [-0.1, -0.05) is 35.5 Å². The SMILES string of the molecule is Cc1cc(CNCC2CCN(C[C@H](O)c3ccccc3)CC2)on1. The van der Waals surface area contributed by atoms with Gasteiger partial charge in [-0.05, 0) is 50.9 Å². The highest BCUT2D eigenvalue weighted by Gasteiger charge is 2.21. The molecule has 0 bridgehead atoms. The van der Waals surface area contributed by atoms with E-state index in [1.54, 1.807) is 0 Å². The molecule has 3 rings (SSSR count). The summed E-state index contributed by atoms with van der Waals surface area (Å²) in [4.78, 5) is 2.37. The normalized spacial score (nSPS) is 17.9. The van der Waals surface area contributed by atoms with Crippen LogP contribution in [-0.4, -0.2) is 41.3 Å². The zero-order valence-electron chi connectivity index (χ0n) is 14.3. The third kappa shape index (κ3) is 4.90. The minimum absolute atomic E-state index is 0.393. The Kier molecular flexibility index (Phi) is 6.01. The topological polar surface area (TPSA) is 61.5 Å². The third-order valence-electron chi connectivity index (χ3n) is 4.73. The van der Waals surface area contributed by atoms with E-state index >= 15 is 0 Å². The number of aliphatic hydroxyl groups is 1. The van der Waals surface area contributed by atoms with Crippen LogP contribution in [0.2, 0.25) is 0 Å². The molecule has 1 aliphatic rings. The fourth-order valence-electron chi connectivity index (χ4n) is 3.30. The van der Waals surface area contributed by atoms with E-state index < -0.39 is 6.10 Å². The molecule has 2 heterocycles. The first-order chi connectivity index (χ1) is 11.7. The number of nitrogens with zero attached hydrogens (tertiary/aromatic N) is 2. The summed E-state index contributed by atoms with van der Waals surface area (Å²) in [6.07, 6.45) is 1.95. The number of aryl methyl sites for hydroxylation is 1. The first kappa shape index (κ1) is 17.1. The molecule has 0 radical (unpaired) electrons. The van der Waals surface area contributed by atoms with Crippen LogP contribution in [0.5, 0.6) is 0 Å². The maximum Gasteiger partial charge on any atom is 0.150 e. The van der Waals surface area contributed by atoms with Crippen molar-refractivity contribution in [2.75, 3.05) is 26.2 Å². The summed E-state index contributed by atoms with van der Waals surface area (Å²) < 4.78 is 5.21. The van der Waals surface area contributed by atoms with E-state index in [-0.39, 0.29) is 0 Å². The van der Waals surface area contributed by atoms with Crippen molar-refractivity contribution in [3.05, 3.63) is 53.4 Å². The summed E-state index contributed by atoms with van der Waals surface area (Å²) >= 11 is 0. The lowest BCUT2D eigenvalue weighted by Gasteiger charge is -2.33. The second kappa shape index (κ2) is 8.42. The number of hydrogen-bond donors (Lipinski definition) is 2. The van der Waals surface area contributed by atoms with Crippen molar-refractivity contribution in [1.82, 2.24) is 15.4 Å². The van der Waals surface area contributed by atoms with Gasteiger partial charge in [-0.3, -0.25) is 0 Å². The van der Waals surface area contributed by atoms with Crippen LogP contribution in [0.4, 0.5) is 0 Å². The summed E-state index contributed by atoms with van der Waals surface area (Å²) in [5.41, 5.74) is 1.93. The Hall–Kier alpha value is -1.69. The lowest BCUT2D eigenvalue weighted by atomic mass is 9.96. The highest BCUT2D eigenvalue weighted by molar-refractivity contribution is 5.17. The maximum absolute atomic E-state index is 10.3. The minimum Gasteiger partial charge on any atom is -0.387 e. The van der Waals surface area contributed by atoms with Crippen molar-refractivity contribution in [3.8, 4) is 0 Å².